The summed E-state index contributed by atoms with van der Waals surface area (Å²) in [5, 5.41) is 8.58. The van der Waals surface area contributed by atoms with E-state index in [-0.39, 0.29) is 6.42 Å². The molecule has 0 spiro atoms. The van der Waals surface area contributed by atoms with Crippen molar-refractivity contribution in [3.05, 3.63) is 0 Å². The fourth-order valence-corrected chi connectivity index (χ4v) is 1.49. The number of nitrogens with zero attached hydrogens (tertiary/aromatic N) is 1. The lowest BCUT2D eigenvalue weighted by molar-refractivity contribution is -0.137. The first-order chi connectivity index (χ1) is 8.07. The van der Waals surface area contributed by atoms with Gasteiger partial charge in [0.25, 0.3) is 0 Å². The summed E-state index contributed by atoms with van der Waals surface area (Å²) in [4.78, 5) is 12.7. The fourth-order valence-electron chi connectivity index (χ4n) is 1.49. The Labute approximate surface area is 104 Å². The van der Waals surface area contributed by atoms with E-state index >= 15 is 0 Å². The molecular formula is C12H25NO4. The largest absolute Gasteiger partial charge is 0.481 e. The summed E-state index contributed by atoms with van der Waals surface area (Å²) in [6, 6.07) is 0.412. The maximum absolute atomic E-state index is 10.4. The van der Waals surface area contributed by atoms with Crippen molar-refractivity contribution in [2.45, 2.75) is 32.7 Å². The standard InChI is InChI=1S/C12H25NO4/c1-11(2)13(6-4-5-12(14)15)7-8-17-10-9-16-3/h11H,4-10H2,1-3H3,(H,14,15). The monoisotopic (exact) mass is 247 g/mol. The zero-order valence-corrected chi connectivity index (χ0v) is 11.1. The fraction of sp³-hybridized carbons (Fsp3) is 0.917. The van der Waals surface area contributed by atoms with E-state index in [0.29, 0.717) is 32.3 Å². The Morgan fingerprint density at radius 2 is 1.94 bits per heavy atom. The van der Waals surface area contributed by atoms with Crippen molar-refractivity contribution >= 4 is 5.97 Å². The molecule has 0 saturated heterocycles. The lowest BCUT2D eigenvalue weighted by Crippen LogP contribution is -2.35. The molecule has 5 heteroatoms. The predicted molar refractivity (Wildman–Crippen MR) is 66.3 cm³/mol. The van der Waals surface area contributed by atoms with Gasteiger partial charge >= 0.3 is 5.97 Å². The van der Waals surface area contributed by atoms with Crippen LogP contribution in [0.15, 0.2) is 0 Å². The highest BCUT2D eigenvalue weighted by Gasteiger charge is 2.09. The van der Waals surface area contributed by atoms with E-state index in [1.807, 2.05) is 0 Å². The van der Waals surface area contributed by atoms with Gasteiger partial charge < -0.3 is 14.6 Å². The molecule has 0 aliphatic rings. The molecule has 5 nitrogen and oxygen atoms in total. The van der Waals surface area contributed by atoms with E-state index in [1.54, 1.807) is 7.11 Å². The average molecular weight is 247 g/mol. The van der Waals surface area contributed by atoms with Crippen LogP contribution in [0.25, 0.3) is 0 Å². The first-order valence-corrected chi connectivity index (χ1v) is 6.10. The highest BCUT2D eigenvalue weighted by molar-refractivity contribution is 5.66. The summed E-state index contributed by atoms with van der Waals surface area (Å²) in [6.45, 7) is 7.73. The number of ether oxygens (including phenoxy) is 2. The van der Waals surface area contributed by atoms with Crippen LogP contribution in [-0.4, -0.2) is 62.0 Å². The van der Waals surface area contributed by atoms with Crippen LogP contribution in [0.4, 0.5) is 0 Å². The molecular weight excluding hydrogens is 222 g/mol. The maximum atomic E-state index is 10.4. The van der Waals surface area contributed by atoms with Gasteiger partial charge in [-0.3, -0.25) is 9.69 Å². The number of hydrogen-bond donors (Lipinski definition) is 1. The van der Waals surface area contributed by atoms with Gasteiger partial charge in [-0.25, -0.2) is 0 Å². The molecule has 0 heterocycles. The minimum atomic E-state index is -0.731. The Morgan fingerprint density at radius 1 is 1.24 bits per heavy atom. The molecule has 17 heavy (non-hydrogen) atoms. The lowest BCUT2D eigenvalue weighted by Gasteiger charge is -2.26. The van der Waals surface area contributed by atoms with Gasteiger partial charge in [0.2, 0.25) is 0 Å². The Bertz CT molecular complexity index is 197. The van der Waals surface area contributed by atoms with Crippen LogP contribution in [0.5, 0.6) is 0 Å². The molecule has 1 N–H and O–H groups in total. The van der Waals surface area contributed by atoms with Gasteiger partial charge in [0.15, 0.2) is 0 Å². The third-order valence-electron chi connectivity index (χ3n) is 2.52. The van der Waals surface area contributed by atoms with E-state index in [9.17, 15) is 4.79 Å². The Morgan fingerprint density at radius 3 is 2.47 bits per heavy atom. The van der Waals surface area contributed by atoms with Crippen LogP contribution in [0.3, 0.4) is 0 Å². The smallest absolute Gasteiger partial charge is 0.303 e. The van der Waals surface area contributed by atoms with Crippen LogP contribution in [-0.2, 0) is 14.3 Å². The number of aliphatic carboxylic acids is 1. The highest BCUT2D eigenvalue weighted by atomic mass is 16.5. The molecule has 0 saturated carbocycles. The molecule has 0 unspecified atom stereocenters. The normalized spacial score (nSPS) is 11.4. The molecule has 0 rings (SSSR count). The van der Waals surface area contributed by atoms with Crippen molar-refractivity contribution in [3.8, 4) is 0 Å². The highest BCUT2D eigenvalue weighted by Crippen LogP contribution is 2.01. The summed E-state index contributed by atoms with van der Waals surface area (Å²) < 4.78 is 10.3. The van der Waals surface area contributed by atoms with Crippen molar-refractivity contribution in [3.63, 3.8) is 0 Å². The first kappa shape index (κ1) is 16.4. The molecule has 0 aliphatic heterocycles. The first-order valence-electron chi connectivity index (χ1n) is 6.10. The summed E-state index contributed by atoms with van der Waals surface area (Å²) in [7, 11) is 1.65. The third-order valence-corrected chi connectivity index (χ3v) is 2.52. The molecule has 0 aromatic rings. The minimum absolute atomic E-state index is 0.230. The van der Waals surface area contributed by atoms with Crippen molar-refractivity contribution in [2.75, 3.05) is 40.0 Å². The van der Waals surface area contributed by atoms with Crippen molar-refractivity contribution < 1.29 is 19.4 Å². The van der Waals surface area contributed by atoms with E-state index in [2.05, 4.69) is 18.7 Å². The van der Waals surface area contributed by atoms with Crippen LogP contribution in [0.2, 0.25) is 0 Å². The molecule has 0 atom stereocenters. The summed E-state index contributed by atoms with van der Waals surface area (Å²) in [5.41, 5.74) is 0. The number of hydrogen-bond acceptors (Lipinski definition) is 4. The van der Waals surface area contributed by atoms with Crippen molar-refractivity contribution in [1.29, 1.82) is 0 Å². The van der Waals surface area contributed by atoms with Crippen LogP contribution >= 0.6 is 0 Å². The number of carboxylic acid groups (broad SMARTS) is 1. The van der Waals surface area contributed by atoms with Gasteiger partial charge in [0.1, 0.15) is 0 Å². The Balaban J connectivity index is 3.64. The van der Waals surface area contributed by atoms with Gasteiger partial charge in [-0.15, -0.1) is 0 Å². The van der Waals surface area contributed by atoms with Gasteiger partial charge in [-0.1, -0.05) is 0 Å². The summed E-state index contributed by atoms with van der Waals surface area (Å²) in [5.74, 6) is -0.731. The zero-order valence-electron chi connectivity index (χ0n) is 11.1. The van der Waals surface area contributed by atoms with E-state index in [4.69, 9.17) is 14.6 Å². The van der Waals surface area contributed by atoms with E-state index < -0.39 is 5.97 Å². The van der Waals surface area contributed by atoms with Crippen LogP contribution in [0, 0.1) is 0 Å². The molecule has 0 bridgehead atoms. The molecule has 0 aromatic heterocycles. The SMILES string of the molecule is COCCOCCN(CCCC(=O)O)C(C)C. The second-order valence-electron chi connectivity index (χ2n) is 4.23. The number of carbonyl (C=O) groups is 1. The van der Waals surface area contributed by atoms with Gasteiger partial charge in [0, 0.05) is 26.1 Å². The Kier molecular flexibility index (Phi) is 10.1. The number of methoxy groups -OCH3 is 1. The minimum Gasteiger partial charge on any atom is -0.481 e. The summed E-state index contributed by atoms with van der Waals surface area (Å²) >= 11 is 0. The third kappa shape index (κ3) is 10.2. The average Bonchev–Trinajstić information content (AvgIpc) is 2.25. The van der Waals surface area contributed by atoms with Crippen LogP contribution in [0.1, 0.15) is 26.7 Å². The van der Waals surface area contributed by atoms with Gasteiger partial charge in [-0.05, 0) is 26.8 Å². The predicted octanol–water partition coefficient (Wildman–Crippen LogP) is 1.22. The second-order valence-corrected chi connectivity index (χ2v) is 4.23. The second kappa shape index (κ2) is 10.5. The van der Waals surface area contributed by atoms with E-state index in [1.165, 1.54) is 0 Å². The van der Waals surface area contributed by atoms with Crippen molar-refractivity contribution in [1.82, 2.24) is 4.90 Å². The van der Waals surface area contributed by atoms with Gasteiger partial charge in [0.05, 0.1) is 19.8 Å². The molecule has 102 valence electrons. The molecule has 0 aliphatic carbocycles. The lowest BCUT2D eigenvalue weighted by atomic mass is 10.2. The van der Waals surface area contributed by atoms with Crippen molar-refractivity contribution in [2.24, 2.45) is 0 Å². The number of rotatable bonds is 11. The van der Waals surface area contributed by atoms with Gasteiger partial charge in [-0.2, -0.15) is 0 Å². The number of carboxylic acids is 1. The van der Waals surface area contributed by atoms with E-state index in [0.717, 1.165) is 13.1 Å². The zero-order chi connectivity index (χ0) is 13.1. The molecule has 0 amide bonds. The molecule has 0 radical (unpaired) electrons. The maximum Gasteiger partial charge on any atom is 0.303 e. The quantitative estimate of drug-likeness (QED) is 0.556. The molecule has 0 fully saturated rings. The summed E-state index contributed by atoms with van der Waals surface area (Å²) in [6.07, 6.45) is 0.916. The molecule has 0 aromatic carbocycles. The topological polar surface area (TPSA) is 59.0 Å². The van der Waals surface area contributed by atoms with Crippen LogP contribution < -0.4 is 0 Å². The Hall–Kier alpha value is -0.650.